The van der Waals surface area contributed by atoms with Crippen LogP contribution in [-0.4, -0.2) is 6.10 Å². The topological polar surface area (TPSA) is 12.5 Å². The van der Waals surface area contributed by atoms with E-state index in [1.165, 1.54) is 11.1 Å². The molecule has 2 aliphatic heterocycles. The molecule has 4 heteroatoms. The Hall–Kier alpha value is -1.22. The zero-order valence-electron chi connectivity index (χ0n) is 10.7. The van der Waals surface area contributed by atoms with Crippen molar-refractivity contribution in [2.24, 2.45) is 0 Å². The maximum absolute atomic E-state index is 6.09. The van der Waals surface area contributed by atoms with Crippen molar-refractivity contribution in [3.05, 3.63) is 63.6 Å². The van der Waals surface area contributed by atoms with E-state index in [-0.39, 0.29) is 12.1 Å². The molecule has 2 heterocycles. The second kappa shape index (κ2) is 4.66. The van der Waals surface area contributed by atoms with Gasteiger partial charge in [-0.3, -0.25) is 4.84 Å². The second-order valence-electron chi connectivity index (χ2n) is 5.33. The third kappa shape index (κ3) is 1.99. The number of fused-ring (bicyclic) bond motifs is 4. The minimum absolute atomic E-state index is 0.238. The minimum Gasteiger partial charge on any atom is -0.269 e. The van der Waals surface area contributed by atoms with Crippen LogP contribution in [0.3, 0.4) is 0 Å². The Bertz CT molecular complexity index is 656. The van der Waals surface area contributed by atoms with Gasteiger partial charge in [0.1, 0.15) is 0 Å². The quantitative estimate of drug-likeness (QED) is 0.750. The molecule has 0 aromatic heterocycles. The molecule has 4 rings (SSSR count). The number of benzene rings is 2. The number of halogens is 2. The van der Waals surface area contributed by atoms with E-state index in [9.17, 15) is 0 Å². The van der Waals surface area contributed by atoms with Gasteiger partial charge in [-0.05, 0) is 41.5 Å². The first kappa shape index (κ1) is 12.5. The largest absolute Gasteiger partial charge is 0.269 e. The number of anilines is 1. The summed E-state index contributed by atoms with van der Waals surface area (Å²) in [4.78, 5) is 6.02. The molecule has 20 heavy (non-hydrogen) atoms. The van der Waals surface area contributed by atoms with Gasteiger partial charge in [0, 0.05) is 22.9 Å². The molecule has 0 amide bonds. The van der Waals surface area contributed by atoms with Gasteiger partial charge >= 0.3 is 0 Å². The number of hydrogen-bond acceptors (Lipinski definition) is 2. The molecule has 0 unspecified atom stereocenters. The third-order valence-electron chi connectivity index (χ3n) is 4.01. The Morgan fingerprint density at radius 1 is 1.00 bits per heavy atom. The molecule has 1 saturated heterocycles. The lowest BCUT2D eigenvalue weighted by Gasteiger charge is -2.30. The highest BCUT2D eigenvalue weighted by Gasteiger charge is 2.39. The maximum Gasteiger partial charge on any atom is 0.0921 e. The van der Waals surface area contributed by atoms with Crippen LogP contribution in [0.25, 0.3) is 0 Å². The molecular formula is C16H13Cl2NO. The molecule has 2 bridgehead atoms. The first-order valence-electron chi connectivity index (χ1n) is 6.70. The first-order chi connectivity index (χ1) is 9.70. The molecule has 2 aromatic rings. The van der Waals surface area contributed by atoms with Crippen LogP contribution in [-0.2, 0) is 11.3 Å². The van der Waals surface area contributed by atoms with Crippen LogP contribution in [0, 0.1) is 0 Å². The smallest absolute Gasteiger partial charge is 0.0921 e. The van der Waals surface area contributed by atoms with Crippen LogP contribution in [0.5, 0.6) is 0 Å². The predicted octanol–water partition coefficient (Wildman–Crippen LogP) is 4.80. The molecule has 102 valence electrons. The van der Waals surface area contributed by atoms with Gasteiger partial charge in [-0.1, -0.05) is 35.3 Å². The minimum atomic E-state index is 0.238. The first-order valence-corrected chi connectivity index (χ1v) is 7.46. The zero-order valence-corrected chi connectivity index (χ0v) is 12.2. The maximum atomic E-state index is 6.09. The van der Waals surface area contributed by atoms with Crippen molar-refractivity contribution in [3.63, 3.8) is 0 Å². The van der Waals surface area contributed by atoms with Gasteiger partial charge in [0.2, 0.25) is 0 Å². The van der Waals surface area contributed by atoms with Crippen LogP contribution in [0.1, 0.15) is 23.6 Å². The van der Waals surface area contributed by atoms with Gasteiger partial charge in [-0.15, -0.1) is 0 Å². The molecule has 2 aromatic carbocycles. The lowest BCUT2D eigenvalue weighted by atomic mass is 10.0. The van der Waals surface area contributed by atoms with Crippen LogP contribution < -0.4 is 5.06 Å². The molecule has 0 saturated carbocycles. The summed E-state index contributed by atoms with van der Waals surface area (Å²) in [5.41, 5.74) is 3.63. The molecule has 0 aliphatic carbocycles. The van der Waals surface area contributed by atoms with E-state index in [0.29, 0.717) is 0 Å². The SMILES string of the molecule is Clc1ccc([C@@H]2C[C@H]3Cc4cc(Cl)ccc4N2O3)cc1. The highest BCUT2D eigenvalue weighted by Crippen LogP contribution is 2.45. The van der Waals surface area contributed by atoms with Gasteiger partial charge in [0.25, 0.3) is 0 Å². The van der Waals surface area contributed by atoms with E-state index >= 15 is 0 Å². The Kier molecular flexibility index (Phi) is 2.92. The number of rotatable bonds is 1. The Morgan fingerprint density at radius 2 is 1.75 bits per heavy atom. The van der Waals surface area contributed by atoms with Crippen LogP contribution in [0.4, 0.5) is 5.69 Å². The molecule has 2 nitrogen and oxygen atoms in total. The number of hydroxylamine groups is 1. The van der Waals surface area contributed by atoms with Crippen molar-refractivity contribution in [2.45, 2.75) is 25.0 Å². The predicted molar refractivity (Wildman–Crippen MR) is 81.3 cm³/mol. The summed E-state index contributed by atoms with van der Waals surface area (Å²) in [5, 5.41) is 3.58. The van der Waals surface area contributed by atoms with Gasteiger partial charge < -0.3 is 0 Å². The van der Waals surface area contributed by atoms with Gasteiger partial charge in [-0.25, -0.2) is 5.06 Å². The second-order valence-corrected chi connectivity index (χ2v) is 6.21. The van der Waals surface area contributed by atoms with Crippen LogP contribution >= 0.6 is 23.2 Å². The Balaban J connectivity index is 1.75. The molecule has 1 fully saturated rings. The molecule has 0 N–H and O–H groups in total. The zero-order chi connectivity index (χ0) is 13.7. The lowest BCUT2D eigenvalue weighted by molar-refractivity contribution is 0.0734. The molecule has 2 atom stereocenters. The molecule has 0 spiro atoms. The van der Waals surface area contributed by atoms with E-state index in [1.807, 2.05) is 35.4 Å². The summed E-state index contributed by atoms with van der Waals surface area (Å²) < 4.78 is 0. The van der Waals surface area contributed by atoms with Crippen molar-refractivity contribution in [3.8, 4) is 0 Å². The monoisotopic (exact) mass is 305 g/mol. The summed E-state index contributed by atoms with van der Waals surface area (Å²) >= 11 is 12.1. The fourth-order valence-corrected chi connectivity index (χ4v) is 3.42. The van der Waals surface area contributed by atoms with Crippen molar-refractivity contribution >= 4 is 28.9 Å². The van der Waals surface area contributed by atoms with Gasteiger partial charge in [-0.2, -0.15) is 0 Å². The lowest BCUT2D eigenvalue weighted by Crippen LogP contribution is -2.27. The van der Waals surface area contributed by atoms with Gasteiger partial charge in [0.15, 0.2) is 0 Å². The number of hydrogen-bond donors (Lipinski definition) is 0. The fourth-order valence-electron chi connectivity index (χ4n) is 3.10. The normalized spacial score (nSPS) is 23.8. The van der Waals surface area contributed by atoms with Crippen molar-refractivity contribution in [1.29, 1.82) is 0 Å². The van der Waals surface area contributed by atoms with Gasteiger partial charge in [0.05, 0.1) is 17.8 Å². The van der Waals surface area contributed by atoms with Crippen molar-refractivity contribution < 1.29 is 4.84 Å². The van der Waals surface area contributed by atoms with E-state index in [0.717, 1.165) is 28.6 Å². The van der Waals surface area contributed by atoms with E-state index in [4.69, 9.17) is 28.0 Å². The van der Waals surface area contributed by atoms with E-state index in [1.54, 1.807) is 0 Å². The number of nitrogens with zero attached hydrogens (tertiary/aromatic N) is 1. The summed E-state index contributed by atoms with van der Waals surface area (Å²) in [6, 6.07) is 14.3. The Morgan fingerprint density at radius 3 is 2.55 bits per heavy atom. The van der Waals surface area contributed by atoms with Crippen LogP contribution in [0.15, 0.2) is 42.5 Å². The van der Waals surface area contributed by atoms with E-state index in [2.05, 4.69) is 12.1 Å². The highest BCUT2D eigenvalue weighted by molar-refractivity contribution is 6.31. The molecule has 0 radical (unpaired) electrons. The summed E-state index contributed by atoms with van der Waals surface area (Å²) in [7, 11) is 0. The van der Waals surface area contributed by atoms with Crippen LogP contribution in [0.2, 0.25) is 10.0 Å². The van der Waals surface area contributed by atoms with E-state index < -0.39 is 0 Å². The summed E-state index contributed by atoms with van der Waals surface area (Å²) in [6.07, 6.45) is 2.16. The van der Waals surface area contributed by atoms with Crippen molar-refractivity contribution in [1.82, 2.24) is 0 Å². The average molecular weight is 306 g/mol. The highest BCUT2D eigenvalue weighted by atomic mass is 35.5. The summed E-state index contributed by atoms with van der Waals surface area (Å²) in [5.74, 6) is 0. The third-order valence-corrected chi connectivity index (χ3v) is 4.50. The standard InChI is InChI=1S/C16H13Cl2NO/c17-12-3-1-10(2-4-12)16-9-14-8-11-7-13(18)5-6-15(11)19(16)20-14/h1-7,14,16H,8-9H2/t14-,16+/m1/s1. The average Bonchev–Trinajstić information content (AvgIpc) is 2.78. The fraction of sp³-hybridized carbons (Fsp3) is 0.250. The molecular weight excluding hydrogens is 293 g/mol. The Labute approximate surface area is 127 Å². The summed E-state index contributed by atoms with van der Waals surface area (Å²) in [6.45, 7) is 0. The molecule has 2 aliphatic rings. The van der Waals surface area contributed by atoms with Crippen molar-refractivity contribution in [2.75, 3.05) is 5.06 Å².